The first kappa shape index (κ1) is 8.05. The van der Waals surface area contributed by atoms with Gasteiger partial charge in [0.2, 0.25) is 5.91 Å². The first-order valence-electron chi connectivity index (χ1n) is 4.69. The van der Waals surface area contributed by atoms with Gasteiger partial charge in [-0.2, -0.15) is 0 Å². The van der Waals surface area contributed by atoms with Gasteiger partial charge in [0.1, 0.15) is 0 Å². The van der Waals surface area contributed by atoms with Crippen LogP contribution in [0.15, 0.2) is 0 Å². The van der Waals surface area contributed by atoms with Gasteiger partial charge in [-0.05, 0) is 32.1 Å². The molecule has 0 bridgehead atoms. The van der Waals surface area contributed by atoms with E-state index in [1.807, 2.05) is 0 Å². The fraction of sp³-hybridized carbons (Fsp3) is 0.889. The summed E-state index contributed by atoms with van der Waals surface area (Å²) in [6, 6.07) is 0. The summed E-state index contributed by atoms with van der Waals surface area (Å²) in [6.45, 7) is 0.103. The number of carbonyl (C=O) groups excluding carboxylic acids is 1. The number of carbonyl (C=O) groups is 1. The molecule has 0 aromatic heterocycles. The molecule has 0 heterocycles. The highest BCUT2D eigenvalue weighted by Crippen LogP contribution is 2.34. The van der Waals surface area contributed by atoms with E-state index in [4.69, 9.17) is 5.11 Å². The van der Waals surface area contributed by atoms with Crippen molar-refractivity contribution in [1.29, 1.82) is 0 Å². The van der Waals surface area contributed by atoms with Gasteiger partial charge in [0.15, 0.2) is 0 Å². The van der Waals surface area contributed by atoms with Gasteiger partial charge in [-0.3, -0.25) is 4.79 Å². The summed E-state index contributed by atoms with van der Waals surface area (Å²) >= 11 is 0. The molecule has 3 nitrogen and oxygen atoms in total. The number of nitrogens with one attached hydrogen (secondary N) is 1. The molecule has 0 spiro atoms. The van der Waals surface area contributed by atoms with E-state index < -0.39 is 0 Å². The van der Waals surface area contributed by atoms with Crippen molar-refractivity contribution >= 4 is 5.91 Å². The summed E-state index contributed by atoms with van der Waals surface area (Å²) in [5.74, 6) is 0.415. The predicted octanol–water partition coefficient (Wildman–Crippen LogP) is 0.428. The van der Waals surface area contributed by atoms with E-state index in [-0.39, 0.29) is 24.0 Å². The third kappa shape index (κ3) is 1.33. The molecule has 1 amide bonds. The summed E-state index contributed by atoms with van der Waals surface area (Å²) in [5.41, 5.74) is -0.236. The maximum atomic E-state index is 11.4. The summed E-state index contributed by atoms with van der Waals surface area (Å²) in [6.07, 6.45) is 5.09. The smallest absolute Gasteiger partial charge is 0.223 e. The summed E-state index contributed by atoms with van der Waals surface area (Å²) in [4.78, 5) is 11.4. The predicted molar refractivity (Wildman–Crippen MR) is 44.5 cm³/mol. The first-order valence-corrected chi connectivity index (χ1v) is 4.69. The van der Waals surface area contributed by atoms with Gasteiger partial charge >= 0.3 is 0 Å². The van der Waals surface area contributed by atoms with Crippen molar-refractivity contribution in [2.24, 2.45) is 5.92 Å². The van der Waals surface area contributed by atoms with Crippen LogP contribution in [0, 0.1) is 5.92 Å². The van der Waals surface area contributed by atoms with Crippen molar-refractivity contribution in [3.63, 3.8) is 0 Å². The Kier molecular flexibility index (Phi) is 1.83. The van der Waals surface area contributed by atoms with E-state index >= 15 is 0 Å². The van der Waals surface area contributed by atoms with Crippen molar-refractivity contribution in [2.45, 2.75) is 37.6 Å². The topological polar surface area (TPSA) is 49.3 Å². The van der Waals surface area contributed by atoms with Gasteiger partial charge in [-0.25, -0.2) is 0 Å². The minimum atomic E-state index is -0.236. The Labute approximate surface area is 72.2 Å². The normalized spacial score (nSPS) is 26.1. The number of aliphatic hydroxyl groups excluding tert-OH is 1. The lowest BCUT2D eigenvalue weighted by Crippen LogP contribution is -2.56. The number of hydrogen-bond acceptors (Lipinski definition) is 2. The summed E-state index contributed by atoms with van der Waals surface area (Å²) < 4.78 is 0. The van der Waals surface area contributed by atoms with Crippen LogP contribution in [0.3, 0.4) is 0 Å². The third-order valence-corrected chi connectivity index (χ3v) is 2.95. The molecule has 2 aliphatic rings. The molecule has 0 aliphatic heterocycles. The molecule has 2 saturated carbocycles. The van der Waals surface area contributed by atoms with Gasteiger partial charge in [-0.1, -0.05) is 0 Å². The lowest BCUT2D eigenvalue weighted by Gasteiger charge is -2.41. The van der Waals surface area contributed by atoms with Crippen molar-refractivity contribution < 1.29 is 9.90 Å². The molecule has 0 saturated heterocycles. The Morgan fingerprint density at radius 2 is 2.17 bits per heavy atom. The molecule has 0 aromatic rings. The van der Waals surface area contributed by atoms with E-state index in [0.717, 1.165) is 32.1 Å². The molecule has 0 radical (unpaired) electrons. The lowest BCUT2D eigenvalue weighted by atomic mass is 9.77. The Balaban J connectivity index is 1.86. The molecule has 0 unspecified atom stereocenters. The fourth-order valence-corrected chi connectivity index (χ4v) is 1.64. The SMILES string of the molecule is O=C(NC1(CO)CCC1)C1CC1. The lowest BCUT2D eigenvalue weighted by molar-refractivity contribution is -0.126. The Bertz CT molecular complexity index is 189. The maximum absolute atomic E-state index is 11.4. The average molecular weight is 169 g/mol. The minimum absolute atomic E-state index is 0.103. The Morgan fingerprint density at radius 1 is 1.50 bits per heavy atom. The number of aliphatic hydroxyl groups is 1. The molecule has 68 valence electrons. The van der Waals surface area contributed by atoms with E-state index in [0.29, 0.717) is 0 Å². The molecule has 3 heteroatoms. The first-order chi connectivity index (χ1) is 5.76. The van der Waals surface area contributed by atoms with Crippen LogP contribution < -0.4 is 5.32 Å². The number of hydrogen-bond donors (Lipinski definition) is 2. The van der Waals surface area contributed by atoms with Crippen LogP contribution in [-0.4, -0.2) is 23.2 Å². The number of amides is 1. The second kappa shape index (κ2) is 2.73. The zero-order chi connectivity index (χ0) is 8.60. The van der Waals surface area contributed by atoms with Crippen molar-refractivity contribution in [3.8, 4) is 0 Å². The van der Waals surface area contributed by atoms with E-state index in [1.165, 1.54) is 0 Å². The molecule has 0 atom stereocenters. The summed E-state index contributed by atoms with van der Waals surface area (Å²) in [5, 5.41) is 12.0. The quantitative estimate of drug-likeness (QED) is 0.643. The molecular formula is C9H15NO2. The maximum Gasteiger partial charge on any atom is 0.223 e. The van der Waals surface area contributed by atoms with E-state index in [9.17, 15) is 4.79 Å². The van der Waals surface area contributed by atoms with Gasteiger partial charge in [0, 0.05) is 5.92 Å². The largest absolute Gasteiger partial charge is 0.394 e. The summed E-state index contributed by atoms with van der Waals surface area (Å²) in [7, 11) is 0. The fourth-order valence-electron chi connectivity index (χ4n) is 1.64. The van der Waals surface area contributed by atoms with Crippen LogP contribution in [-0.2, 0) is 4.79 Å². The van der Waals surface area contributed by atoms with E-state index in [2.05, 4.69) is 5.32 Å². The van der Waals surface area contributed by atoms with Crippen LogP contribution in [0.25, 0.3) is 0 Å². The van der Waals surface area contributed by atoms with Crippen LogP contribution >= 0.6 is 0 Å². The zero-order valence-corrected chi connectivity index (χ0v) is 7.18. The van der Waals surface area contributed by atoms with Gasteiger partial charge in [0.25, 0.3) is 0 Å². The minimum Gasteiger partial charge on any atom is -0.394 e. The van der Waals surface area contributed by atoms with E-state index in [1.54, 1.807) is 0 Å². The zero-order valence-electron chi connectivity index (χ0n) is 7.18. The third-order valence-electron chi connectivity index (χ3n) is 2.95. The second-order valence-corrected chi connectivity index (χ2v) is 4.06. The molecule has 2 aliphatic carbocycles. The van der Waals surface area contributed by atoms with Crippen LogP contribution in [0.5, 0.6) is 0 Å². The highest BCUT2D eigenvalue weighted by Gasteiger charge is 2.41. The Hall–Kier alpha value is -0.570. The van der Waals surface area contributed by atoms with Crippen molar-refractivity contribution in [3.05, 3.63) is 0 Å². The molecular weight excluding hydrogens is 154 g/mol. The monoisotopic (exact) mass is 169 g/mol. The standard InChI is InChI=1S/C9H15NO2/c11-6-9(4-1-5-9)10-8(12)7-2-3-7/h7,11H,1-6H2,(H,10,12). The average Bonchev–Trinajstić information content (AvgIpc) is 2.78. The second-order valence-electron chi connectivity index (χ2n) is 4.06. The highest BCUT2D eigenvalue weighted by atomic mass is 16.3. The van der Waals surface area contributed by atoms with Crippen LogP contribution in [0.2, 0.25) is 0 Å². The molecule has 2 fully saturated rings. The Morgan fingerprint density at radius 3 is 2.50 bits per heavy atom. The van der Waals surface area contributed by atoms with Crippen molar-refractivity contribution in [2.75, 3.05) is 6.61 Å². The molecule has 2 N–H and O–H groups in total. The molecule has 0 aromatic carbocycles. The van der Waals surface area contributed by atoms with Gasteiger partial charge in [-0.15, -0.1) is 0 Å². The van der Waals surface area contributed by atoms with Crippen LogP contribution in [0.1, 0.15) is 32.1 Å². The van der Waals surface area contributed by atoms with Crippen LogP contribution in [0.4, 0.5) is 0 Å². The molecule has 12 heavy (non-hydrogen) atoms. The van der Waals surface area contributed by atoms with Gasteiger partial charge in [0.05, 0.1) is 12.1 Å². The molecule has 2 rings (SSSR count). The van der Waals surface area contributed by atoms with Gasteiger partial charge < -0.3 is 10.4 Å². The number of rotatable bonds is 3. The van der Waals surface area contributed by atoms with Crippen molar-refractivity contribution in [1.82, 2.24) is 5.32 Å². The highest BCUT2D eigenvalue weighted by molar-refractivity contribution is 5.81.